The Hall–Kier alpha value is -2.04. The van der Waals surface area contributed by atoms with Crippen molar-refractivity contribution in [3.8, 4) is 5.75 Å². The largest absolute Gasteiger partial charge is 0.492 e. The van der Waals surface area contributed by atoms with Crippen molar-refractivity contribution in [3.63, 3.8) is 0 Å². The predicted molar refractivity (Wildman–Crippen MR) is 96.5 cm³/mol. The van der Waals surface area contributed by atoms with Gasteiger partial charge in [-0.15, -0.1) is 0 Å². The van der Waals surface area contributed by atoms with Crippen LogP contribution in [0.3, 0.4) is 0 Å². The first-order valence-electron chi connectivity index (χ1n) is 8.21. The zero-order chi connectivity index (χ0) is 16.9. The van der Waals surface area contributed by atoms with Crippen LogP contribution in [0.15, 0.2) is 48.5 Å². The summed E-state index contributed by atoms with van der Waals surface area (Å²) < 4.78 is 7.83. The summed E-state index contributed by atoms with van der Waals surface area (Å²) >= 11 is 6.09. The first kappa shape index (κ1) is 16.8. The summed E-state index contributed by atoms with van der Waals surface area (Å²) in [5.41, 5.74) is 1.95. The molecule has 0 aliphatic heterocycles. The molecule has 0 spiro atoms. The third-order valence-corrected chi connectivity index (χ3v) is 4.30. The fraction of sp³-hybridized carbons (Fsp3) is 0.316. The van der Waals surface area contributed by atoms with E-state index in [9.17, 15) is 5.11 Å². The molecule has 5 heteroatoms. The molecule has 0 aliphatic rings. The van der Waals surface area contributed by atoms with E-state index in [-0.39, 0.29) is 0 Å². The van der Waals surface area contributed by atoms with E-state index in [1.54, 1.807) is 0 Å². The third kappa shape index (κ3) is 3.55. The molecule has 3 aromatic rings. The van der Waals surface area contributed by atoms with Crippen LogP contribution >= 0.6 is 11.6 Å². The average Bonchev–Trinajstić information content (AvgIpc) is 2.98. The third-order valence-electron chi connectivity index (χ3n) is 3.99. The van der Waals surface area contributed by atoms with Crippen molar-refractivity contribution in [3.05, 3.63) is 59.4 Å². The lowest BCUT2D eigenvalue weighted by atomic mass is 10.2. The van der Waals surface area contributed by atoms with Crippen molar-refractivity contribution < 1.29 is 9.84 Å². The van der Waals surface area contributed by atoms with Crippen LogP contribution in [0.4, 0.5) is 0 Å². The summed E-state index contributed by atoms with van der Waals surface area (Å²) in [4.78, 5) is 4.59. The monoisotopic (exact) mass is 344 g/mol. The number of halogens is 1. The minimum absolute atomic E-state index is 0.553. The summed E-state index contributed by atoms with van der Waals surface area (Å²) in [7, 11) is 0. The molecule has 1 heterocycles. The maximum Gasteiger partial charge on any atom is 0.138 e. The standard InChI is InChI=1S/C19H21ClN2O2/c1-2-17(23)19-21-15-9-4-5-10-16(15)22(19)12-7-13-24-18-11-6-3-8-14(18)20/h3-6,8-11,17,23H,2,7,12-13H2,1H3. The summed E-state index contributed by atoms with van der Waals surface area (Å²) in [5, 5.41) is 10.9. The first-order chi connectivity index (χ1) is 11.7. The van der Waals surface area contributed by atoms with E-state index in [1.165, 1.54) is 0 Å². The van der Waals surface area contributed by atoms with E-state index in [4.69, 9.17) is 16.3 Å². The number of hydrogen-bond acceptors (Lipinski definition) is 3. The number of para-hydroxylation sites is 3. The normalized spacial score (nSPS) is 12.5. The van der Waals surface area contributed by atoms with Gasteiger partial charge in [0.2, 0.25) is 0 Å². The first-order valence-corrected chi connectivity index (χ1v) is 8.59. The number of rotatable bonds is 7. The zero-order valence-corrected chi connectivity index (χ0v) is 14.4. The Morgan fingerprint density at radius 2 is 1.92 bits per heavy atom. The number of nitrogens with zero attached hydrogens (tertiary/aromatic N) is 2. The second-order valence-electron chi connectivity index (χ2n) is 5.67. The van der Waals surface area contributed by atoms with Gasteiger partial charge in [-0.3, -0.25) is 0 Å². The molecule has 1 atom stereocenters. The molecule has 24 heavy (non-hydrogen) atoms. The molecule has 0 saturated carbocycles. The van der Waals surface area contributed by atoms with Gasteiger partial charge in [0.15, 0.2) is 0 Å². The highest BCUT2D eigenvalue weighted by Crippen LogP contribution is 2.25. The van der Waals surface area contributed by atoms with Crippen molar-refractivity contribution >= 4 is 22.6 Å². The highest BCUT2D eigenvalue weighted by atomic mass is 35.5. The predicted octanol–water partition coefficient (Wildman–Crippen LogP) is 4.60. The number of aromatic nitrogens is 2. The molecule has 1 aromatic heterocycles. The van der Waals surface area contributed by atoms with Crippen molar-refractivity contribution in [2.24, 2.45) is 0 Å². The highest BCUT2D eigenvalue weighted by Gasteiger charge is 2.16. The fourth-order valence-electron chi connectivity index (χ4n) is 2.73. The number of aliphatic hydroxyl groups excluding tert-OH is 1. The Labute approximate surface area is 146 Å². The molecular formula is C19H21ClN2O2. The minimum Gasteiger partial charge on any atom is -0.492 e. The topological polar surface area (TPSA) is 47.3 Å². The number of hydrogen-bond donors (Lipinski definition) is 1. The van der Waals surface area contributed by atoms with Gasteiger partial charge >= 0.3 is 0 Å². The van der Waals surface area contributed by atoms with Crippen LogP contribution in [0.1, 0.15) is 31.7 Å². The minimum atomic E-state index is -0.554. The van der Waals surface area contributed by atoms with E-state index in [2.05, 4.69) is 9.55 Å². The van der Waals surface area contributed by atoms with Gasteiger partial charge in [0.1, 0.15) is 17.7 Å². The second kappa shape index (κ2) is 7.69. The molecule has 1 unspecified atom stereocenters. The molecule has 0 saturated heterocycles. The molecule has 0 fully saturated rings. The highest BCUT2D eigenvalue weighted by molar-refractivity contribution is 6.32. The van der Waals surface area contributed by atoms with Crippen LogP contribution in [-0.4, -0.2) is 21.3 Å². The van der Waals surface area contributed by atoms with Crippen LogP contribution < -0.4 is 4.74 Å². The Bertz CT molecular complexity index is 816. The number of fused-ring (bicyclic) bond motifs is 1. The molecule has 0 amide bonds. The van der Waals surface area contributed by atoms with Crippen molar-refractivity contribution in [1.82, 2.24) is 9.55 Å². The number of imidazole rings is 1. The van der Waals surface area contributed by atoms with Gasteiger partial charge in [-0.2, -0.15) is 0 Å². The molecule has 2 aromatic carbocycles. The van der Waals surface area contributed by atoms with Gasteiger partial charge < -0.3 is 14.4 Å². The summed E-state index contributed by atoms with van der Waals surface area (Å²) in [5.74, 6) is 1.42. The number of aryl methyl sites for hydroxylation is 1. The Morgan fingerprint density at radius 3 is 2.71 bits per heavy atom. The lowest BCUT2D eigenvalue weighted by Crippen LogP contribution is -2.11. The van der Waals surface area contributed by atoms with Gasteiger partial charge in [0.25, 0.3) is 0 Å². The van der Waals surface area contributed by atoms with Crippen LogP contribution in [0, 0.1) is 0 Å². The van der Waals surface area contributed by atoms with Gasteiger partial charge in [0, 0.05) is 6.54 Å². The number of benzene rings is 2. The molecule has 1 N–H and O–H groups in total. The molecule has 0 radical (unpaired) electrons. The Kier molecular flexibility index (Phi) is 5.38. The second-order valence-corrected chi connectivity index (χ2v) is 6.07. The maximum atomic E-state index is 10.3. The van der Waals surface area contributed by atoms with Gasteiger partial charge in [-0.05, 0) is 37.1 Å². The molecule has 126 valence electrons. The number of ether oxygens (including phenoxy) is 1. The molecular weight excluding hydrogens is 324 g/mol. The van der Waals surface area contributed by atoms with E-state index in [1.807, 2.05) is 55.5 Å². The van der Waals surface area contributed by atoms with Crippen LogP contribution in [0.5, 0.6) is 5.75 Å². The average molecular weight is 345 g/mol. The number of aliphatic hydroxyl groups is 1. The van der Waals surface area contributed by atoms with Gasteiger partial charge in [-0.25, -0.2) is 4.98 Å². The van der Waals surface area contributed by atoms with Crippen LogP contribution in [0.2, 0.25) is 5.02 Å². The SMILES string of the molecule is CCC(O)c1nc2ccccc2n1CCCOc1ccccc1Cl. The van der Waals surface area contributed by atoms with Gasteiger partial charge in [0.05, 0.1) is 22.7 Å². The van der Waals surface area contributed by atoms with E-state index >= 15 is 0 Å². The summed E-state index contributed by atoms with van der Waals surface area (Å²) in [6.45, 7) is 3.24. The fourth-order valence-corrected chi connectivity index (χ4v) is 2.92. The Balaban J connectivity index is 1.71. The van der Waals surface area contributed by atoms with Crippen molar-refractivity contribution in [2.45, 2.75) is 32.4 Å². The van der Waals surface area contributed by atoms with E-state index in [0.29, 0.717) is 23.8 Å². The lowest BCUT2D eigenvalue weighted by molar-refractivity contribution is 0.158. The van der Waals surface area contributed by atoms with Crippen LogP contribution in [-0.2, 0) is 6.54 Å². The molecule has 4 nitrogen and oxygen atoms in total. The van der Waals surface area contributed by atoms with Crippen molar-refractivity contribution in [1.29, 1.82) is 0 Å². The summed E-state index contributed by atoms with van der Waals surface area (Å²) in [6.07, 6.45) is 0.885. The molecule has 0 bridgehead atoms. The Morgan fingerprint density at radius 1 is 1.17 bits per heavy atom. The van der Waals surface area contributed by atoms with E-state index < -0.39 is 6.10 Å². The zero-order valence-electron chi connectivity index (χ0n) is 13.7. The molecule has 3 rings (SSSR count). The quantitative estimate of drug-likeness (QED) is 0.637. The maximum absolute atomic E-state index is 10.3. The van der Waals surface area contributed by atoms with Crippen LogP contribution in [0.25, 0.3) is 11.0 Å². The van der Waals surface area contributed by atoms with E-state index in [0.717, 1.165) is 29.8 Å². The van der Waals surface area contributed by atoms with Gasteiger partial charge in [-0.1, -0.05) is 42.8 Å². The smallest absolute Gasteiger partial charge is 0.138 e. The summed E-state index contributed by atoms with van der Waals surface area (Å²) in [6, 6.07) is 15.4. The van der Waals surface area contributed by atoms with Crippen molar-refractivity contribution in [2.75, 3.05) is 6.61 Å². The lowest BCUT2D eigenvalue weighted by Gasteiger charge is -2.13. The molecule has 0 aliphatic carbocycles.